The molecule has 101 heavy (non-hydrogen) atoms. The number of fused-ring (bicyclic) bond motifs is 10. The Bertz CT molecular complexity index is 5890. The maximum Gasteiger partial charge on any atom is 0.252 e. The highest BCUT2D eigenvalue weighted by Gasteiger charge is 2.46. The Kier molecular flexibility index (Phi) is 13.7. The number of hydrogen-bond donors (Lipinski definition) is 0. The highest BCUT2D eigenvalue weighted by Crippen LogP contribution is 2.57. The number of nitrogens with zero attached hydrogens (tertiary/aromatic N) is 2. The molecule has 2 aromatic heterocycles. The van der Waals surface area contributed by atoms with E-state index >= 15 is 0 Å². The Morgan fingerprint density at radius 3 is 0.931 bits per heavy atom. The Hall–Kier alpha value is -13.2. The van der Waals surface area contributed by atoms with Crippen LogP contribution in [0, 0.1) is 0 Å². The van der Waals surface area contributed by atoms with Gasteiger partial charge in [-0.25, -0.2) is 0 Å². The summed E-state index contributed by atoms with van der Waals surface area (Å²) in [4.78, 5) is 5.33. The summed E-state index contributed by atoms with van der Waals surface area (Å²) in [7, 11) is 0. The van der Waals surface area contributed by atoms with Gasteiger partial charge in [0.15, 0.2) is 0 Å². The molecule has 470 valence electrons. The molecule has 20 rings (SSSR count). The summed E-state index contributed by atoms with van der Waals surface area (Å²) in [5, 5.41) is 4.35. The summed E-state index contributed by atoms with van der Waals surface area (Å²) in [6.45, 7) is -0.359. The van der Waals surface area contributed by atoms with Crippen LogP contribution in [0.1, 0.15) is 0 Å². The van der Waals surface area contributed by atoms with Crippen molar-refractivity contribution in [2.24, 2.45) is 0 Å². The molecule has 2 aliphatic heterocycles. The third kappa shape index (κ3) is 9.46. The Morgan fingerprint density at radius 1 is 0.208 bits per heavy atom. The molecular formula is C96H61BN2O2. The van der Waals surface area contributed by atoms with Crippen molar-refractivity contribution >= 4 is 101 Å². The quantitative estimate of drug-likeness (QED) is 0.121. The van der Waals surface area contributed by atoms with Gasteiger partial charge in [-0.2, -0.15) is 0 Å². The van der Waals surface area contributed by atoms with Crippen LogP contribution in [0.3, 0.4) is 0 Å². The lowest BCUT2D eigenvalue weighted by Crippen LogP contribution is -2.61. The second kappa shape index (κ2) is 23.8. The van der Waals surface area contributed by atoms with E-state index in [1.165, 1.54) is 5.46 Å². The standard InChI is InChI=1S/C96H61BN2O2/c1-8-28-62(29-9-1)71-60-86-92-87(61-71)99(94-75(66-36-16-5-17-37-66)55-53-73(64-32-12-3-13-33-64)91(94)68-40-20-7-21-41-68)85-57-51-70(77-45-27-47-81-79-43-23-25-49-89(79)101-96(77)81)59-83(85)97(92)82-58-69(76-44-26-46-80-78-42-22-24-48-88(78)100-95(76)80)50-56-84(82)98(86)93-74(65-34-14-4-15-35-65)54-52-72(63-30-10-2-11-31-63)90(93)67-38-18-6-19-39-67/h1-61H. The molecule has 0 fully saturated rings. The van der Waals surface area contributed by atoms with Gasteiger partial charge in [0.1, 0.15) is 22.3 Å². The average molecular weight is 1290 g/mol. The van der Waals surface area contributed by atoms with Gasteiger partial charge in [0.25, 0.3) is 6.71 Å². The monoisotopic (exact) mass is 1280 g/mol. The van der Waals surface area contributed by atoms with E-state index in [1.54, 1.807) is 0 Å². The van der Waals surface area contributed by atoms with E-state index in [0.717, 1.165) is 189 Å². The van der Waals surface area contributed by atoms with E-state index in [0.29, 0.717) is 0 Å². The van der Waals surface area contributed by atoms with Crippen molar-refractivity contribution in [2.75, 3.05) is 9.80 Å². The molecule has 4 heterocycles. The van der Waals surface area contributed by atoms with Crippen LogP contribution < -0.4 is 26.2 Å². The fourth-order valence-electron chi connectivity index (χ4n) is 16.4. The molecule has 4 nitrogen and oxygen atoms in total. The predicted molar refractivity (Wildman–Crippen MR) is 424 cm³/mol. The largest absolute Gasteiger partial charge is 0.455 e. The Labute approximate surface area is 586 Å². The summed E-state index contributed by atoms with van der Waals surface area (Å²) in [6.07, 6.45) is 0. The fourth-order valence-corrected chi connectivity index (χ4v) is 16.4. The number of para-hydroxylation sites is 4. The van der Waals surface area contributed by atoms with Gasteiger partial charge in [-0.1, -0.05) is 334 Å². The first-order valence-electron chi connectivity index (χ1n) is 34.7. The summed E-state index contributed by atoms with van der Waals surface area (Å²) in [6, 6.07) is 136. The fraction of sp³-hybridized carbons (Fsp3) is 0. The van der Waals surface area contributed by atoms with Crippen molar-refractivity contribution in [3.05, 3.63) is 370 Å². The van der Waals surface area contributed by atoms with Gasteiger partial charge in [0, 0.05) is 77.7 Å². The van der Waals surface area contributed by atoms with Gasteiger partial charge in [-0.15, -0.1) is 0 Å². The molecule has 0 amide bonds. The van der Waals surface area contributed by atoms with Gasteiger partial charge in [0.2, 0.25) is 0 Å². The molecule has 0 saturated carbocycles. The Morgan fingerprint density at radius 2 is 0.535 bits per heavy atom. The van der Waals surface area contributed by atoms with E-state index in [9.17, 15) is 0 Å². The van der Waals surface area contributed by atoms with Crippen LogP contribution in [-0.4, -0.2) is 6.71 Å². The summed E-state index contributed by atoms with van der Waals surface area (Å²) in [5.74, 6) is 0. The van der Waals surface area contributed by atoms with E-state index in [2.05, 4.69) is 380 Å². The van der Waals surface area contributed by atoms with Crippen molar-refractivity contribution < 1.29 is 8.83 Å². The van der Waals surface area contributed by atoms with Crippen molar-refractivity contribution in [3.8, 4) is 100 Å². The van der Waals surface area contributed by atoms with Crippen LogP contribution in [0.15, 0.2) is 379 Å². The molecule has 0 radical (unpaired) electrons. The Balaban J connectivity index is 0.986. The zero-order chi connectivity index (χ0) is 66.5. The molecule has 18 aromatic rings. The van der Waals surface area contributed by atoms with Gasteiger partial charge >= 0.3 is 0 Å². The van der Waals surface area contributed by atoms with E-state index < -0.39 is 0 Å². The number of hydrogen-bond acceptors (Lipinski definition) is 4. The SMILES string of the molecule is c1ccc(-c2cc3c4c(c2)N(c2c(-c5ccccc5)ccc(-c5ccccc5)c2-c2ccccc2)c2ccc(-c5cccc6c5oc5ccccc56)cc2B4c2cc(-c4cccc5c4oc4ccccc45)ccc2N3c2c(-c3ccccc3)ccc(-c3ccccc3)c2-c2ccccc2)cc1. The van der Waals surface area contributed by atoms with Crippen LogP contribution >= 0.6 is 0 Å². The molecule has 0 saturated heterocycles. The minimum absolute atomic E-state index is 0.359. The van der Waals surface area contributed by atoms with E-state index in [4.69, 9.17) is 8.83 Å². The van der Waals surface area contributed by atoms with Gasteiger partial charge in [-0.05, 0) is 120 Å². The average Bonchev–Trinajstić information content (AvgIpc) is 1.14. The van der Waals surface area contributed by atoms with Crippen LogP contribution in [0.5, 0.6) is 0 Å². The number of benzene rings is 16. The lowest BCUT2D eigenvalue weighted by atomic mass is 9.33. The van der Waals surface area contributed by atoms with Crippen LogP contribution in [-0.2, 0) is 0 Å². The minimum atomic E-state index is -0.359. The second-order valence-electron chi connectivity index (χ2n) is 26.5. The third-order valence-corrected chi connectivity index (χ3v) is 20.9. The molecule has 16 aromatic carbocycles. The van der Waals surface area contributed by atoms with Crippen LogP contribution in [0.25, 0.3) is 144 Å². The van der Waals surface area contributed by atoms with Crippen molar-refractivity contribution in [3.63, 3.8) is 0 Å². The lowest BCUT2D eigenvalue weighted by Gasteiger charge is -2.46. The first-order valence-corrected chi connectivity index (χ1v) is 34.7. The molecule has 2 aliphatic rings. The number of furan rings is 2. The number of anilines is 6. The predicted octanol–water partition coefficient (Wildman–Crippen LogP) is 24.6. The molecule has 5 heteroatoms. The molecule has 0 atom stereocenters. The topological polar surface area (TPSA) is 32.8 Å². The van der Waals surface area contributed by atoms with Crippen molar-refractivity contribution in [1.82, 2.24) is 0 Å². The smallest absolute Gasteiger partial charge is 0.252 e. The zero-order valence-corrected chi connectivity index (χ0v) is 55.0. The minimum Gasteiger partial charge on any atom is -0.455 e. The van der Waals surface area contributed by atoms with Crippen molar-refractivity contribution in [2.45, 2.75) is 0 Å². The third-order valence-electron chi connectivity index (χ3n) is 20.9. The summed E-state index contributed by atoms with van der Waals surface area (Å²) in [5.41, 5.74) is 33.2. The molecule has 0 N–H and O–H groups in total. The maximum atomic E-state index is 7.00. The molecule has 0 unspecified atom stereocenters. The molecule has 0 spiro atoms. The van der Waals surface area contributed by atoms with Crippen LogP contribution in [0.2, 0.25) is 0 Å². The normalized spacial score (nSPS) is 12.3. The van der Waals surface area contributed by atoms with Crippen LogP contribution in [0.4, 0.5) is 34.1 Å². The highest BCUT2D eigenvalue weighted by molar-refractivity contribution is 7.00. The molecule has 0 bridgehead atoms. The summed E-state index contributed by atoms with van der Waals surface area (Å²) < 4.78 is 14.0. The zero-order valence-electron chi connectivity index (χ0n) is 55.0. The first kappa shape index (κ1) is 58.0. The maximum absolute atomic E-state index is 7.00. The first-order chi connectivity index (χ1) is 50.1. The van der Waals surface area contributed by atoms with Gasteiger partial charge in [-0.3, -0.25) is 0 Å². The van der Waals surface area contributed by atoms with Gasteiger partial charge in [0.05, 0.1) is 11.4 Å². The summed E-state index contributed by atoms with van der Waals surface area (Å²) >= 11 is 0. The van der Waals surface area contributed by atoms with E-state index in [-0.39, 0.29) is 6.71 Å². The van der Waals surface area contributed by atoms with Gasteiger partial charge < -0.3 is 18.6 Å². The van der Waals surface area contributed by atoms with Crippen molar-refractivity contribution in [1.29, 1.82) is 0 Å². The lowest BCUT2D eigenvalue weighted by molar-refractivity contribution is 0.669. The highest BCUT2D eigenvalue weighted by atomic mass is 16.3. The molecule has 0 aliphatic carbocycles. The number of rotatable bonds is 11. The van der Waals surface area contributed by atoms with E-state index in [1.807, 2.05) is 0 Å². The molecular weight excluding hydrogens is 1220 g/mol. The second-order valence-corrected chi connectivity index (χ2v) is 26.5.